The Morgan fingerprint density at radius 1 is 1.48 bits per heavy atom. The molecule has 21 heavy (non-hydrogen) atoms. The van der Waals surface area contributed by atoms with Crippen LogP contribution in [0.4, 0.5) is 0 Å². The van der Waals surface area contributed by atoms with Gasteiger partial charge in [-0.1, -0.05) is 12.1 Å². The highest BCUT2D eigenvalue weighted by atomic mass is 16.1. The number of aromatic nitrogens is 3. The summed E-state index contributed by atoms with van der Waals surface area (Å²) in [6, 6.07) is 9.14. The second-order valence-electron chi connectivity index (χ2n) is 4.40. The van der Waals surface area contributed by atoms with E-state index in [9.17, 15) is 4.79 Å². The molecule has 1 heterocycles. The average molecular weight is 281 g/mol. The van der Waals surface area contributed by atoms with E-state index < -0.39 is 0 Å². The van der Waals surface area contributed by atoms with Gasteiger partial charge in [0.2, 0.25) is 5.91 Å². The SMILES string of the molecule is N#Cc1cccc(C=CC(=O)NCCCc2ncn[nH]2)c1. The Bertz CT molecular complexity index is 655. The lowest BCUT2D eigenvalue weighted by atomic mass is 10.1. The van der Waals surface area contributed by atoms with Crippen LogP contribution in [0, 0.1) is 11.3 Å². The molecule has 1 aromatic carbocycles. The lowest BCUT2D eigenvalue weighted by molar-refractivity contribution is -0.116. The zero-order valence-electron chi connectivity index (χ0n) is 11.4. The van der Waals surface area contributed by atoms with Gasteiger partial charge in [-0.15, -0.1) is 0 Å². The van der Waals surface area contributed by atoms with Gasteiger partial charge >= 0.3 is 0 Å². The van der Waals surface area contributed by atoms with E-state index in [0.717, 1.165) is 24.2 Å². The number of H-pyrrole nitrogens is 1. The minimum Gasteiger partial charge on any atom is -0.353 e. The Morgan fingerprint density at radius 2 is 2.38 bits per heavy atom. The van der Waals surface area contributed by atoms with E-state index >= 15 is 0 Å². The van der Waals surface area contributed by atoms with Gasteiger partial charge < -0.3 is 5.32 Å². The smallest absolute Gasteiger partial charge is 0.243 e. The van der Waals surface area contributed by atoms with Gasteiger partial charge in [0, 0.05) is 19.0 Å². The van der Waals surface area contributed by atoms with E-state index in [2.05, 4.69) is 26.6 Å². The van der Waals surface area contributed by atoms with Gasteiger partial charge in [0.1, 0.15) is 12.2 Å². The summed E-state index contributed by atoms with van der Waals surface area (Å²) in [5.41, 5.74) is 1.40. The number of aromatic amines is 1. The molecule has 0 aliphatic rings. The Labute approximate surface area is 122 Å². The second-order valence-corrected chi connectivity index (χ2v) is 4.40. The molecule has 0 saturated carbocycles. The normalized spacial score (nSPS) is 10.4. The van der Waals surface area contributed by atoms with Gasteiger partial charge in [0.05, 0.1) is 11.6 Å². The van der Waals surface area contributed by atoms with E-state index in [4.69, 9.17) is 5.26 Å². The van der Waals surface area contributed by atoms with Gasteiger partial charge in [-0.25, -0.2) is 4.98 Å². The molecule has 106 valence electrons. The van der Waals surface area contributed by atoms with Crippen molar-refractivity contribution in [3.8, 4) is 6.07 Å². The highest BCUT2D eigenvalue weighted by Gasteiger charge is 1.98. The predicted molar refractivity (Wildman–Crippen MR) is 77.9 cm³/mol. The Kier molecular flexibility index (Phi) is 5.24. The number of nitriles is 1. The van der Waals surface area contributed by atoms with Crippen LogP contribution < -0.4 is 5.32 Å². The van der Waals surface area contributed by atoms with Crippen molar-refractivity contribution in [3.05, 3.63) is 53.6 Å². The van der Waals surface area contributed by atoms with Crippen molar-refractivity contribution >= 4 is 12.0 Å². The molecule has 2 N–H and O–H groups in total. The fraction of sp³-hybridized carbons (Fsp3) is 0.200. The number of rotatable bonds is 6. The molecule has 2 rings (SSSR count). The third-order valence-electron chi connectivity index (χ3n) is 2.80. The molecule has 0 bridgehead atoms. The predicted octanol–water partition coefficient (Wildman–Crippen LogP) is 1.44. The molecule has 2 aromatic rings. The largest absolute Gasteiger partial charge is 0.353 e. The molecule has 6 heteroatoms. The summed E-state index contributed by atoms with van der Waals surface area (Å²) < 4.78 is 0. The molecule has 0 unspecified atom stereocenters. The summed E-state index contributed by atoms with van der Waals surface area (Å²) in [5.74, 6) is 0.656. The minimum atomic E-state index is -0.157. The number of aryl methyl sites for hydroxylation is 1. The number of carbonyl (C=O) groups excluding carboxylic acids is 1. The molecule has 0 fully saturated rings. The van der Waals surface area contributed by atoms with E-state index in [1.165, 1.54) is 12.4 Å². The summed E-state index contributed by atoms with van der Waals surface area (Å²) in [5, 5.41) is 18.1. The summed E-state index contributed by atoms with van der Waals surface area (Å²) in [6.07, 6.45) is 6.15. The van der Waals surface area contributed by atoms with Crippen LogP contribution >= 0.6 is 0 Å². The Morgan fingerprint density at radius 3 is 3.14 bits per heavy atom. The number of carbonyl (C=O) groups is 1. The lowest BCUT2D eigenvalue weighted by Gasteiger charge is -2.00. The van der Waals surface area contributed by atoms with Crippen LogP contribution in [0.25, 0.3) is 6.08 Å². The van der Waals surface area contributed by atoms with Crippen molar-refractivity contribution in [1.29, 1.82) is 5.26 Å². The zero-order chi connectivity index (χ0) is 14.9. The molecular weight excluding hydrogens is 266 g/mol. The first kappa shape index (κ1) is 14.5. The number of nitrogens with zero attached hydrogens (tertiary/aromatic N) is 3. The van der Waals surface area contributed by atoms with E-state index in [0.29, 0.717) is 12.1 Å². The van der Waals surface area contributed by atoms with E-state index in [1.54, 1.807) is 24.3 Å². The van der Waals surface area contributed by atoms with Crippen LogP contribution in [-0.4, -0.2) is 27.6 Å². The van der Waals surface area contributed by atoms with Crippen molar-refractivity contribution in [2.75, 3.05) is 6.54 Å². The van der Waals surface area contributed by atoms with Gasteiger partial charge in [-0.3, -0.25) is 9.89 Å². The molecule has 1 aromatic heterocycles. The first-order valence-electron chi connectivity index (χ1n) is 6.58. The molecule has 0 radical (unpaired) electrons. The molecule has 0 aliphatic heterocycles. The van der Waals surface area contributed by atoms with Crippen molar-refractivity contribution in [1.82, 2.24) is 20.5 Å². The minimum absolute atomic E-state index is 0.157. The maximum Gasteiger partial charge on any atom is 0.243 e. The van der Waals surface area contributed by atoms with Gasteiger partial charge in [0.15, 0.2) is 0 Å². The zero-order valence-corrected chi connectivity index (χ0v) is 11.4. The number of nitrogens with one attached hydrogen (secondary N) is 2. The molecule has 1 amide bonds. The molecule has 6 nitrogen and oxygen atoms in total. The maximum atomic E-state index is 11.6. The third kappa shape index (κ3) is 4.91. The summed E-state index contributed by atoms with van der Waals surface area (Å²) in [4.78, 5) is 15.6. The first-order chi connectivity index (χ1) is 10.3. The van der Waals surface area contributed by atoms with E-state index in [-0.39, 0.29) is 5.91 Å². The quantitative estimate of drug-likeness (QED) is 0.618. The van der Waals surface area contributed by atoms with Gasteiger partial charge in [0.25, 0.3) is 0 Å². The number of amides is 1. The van der Waals surface area contributed by atoms with Crippen LogP contribution in [0.1, 0.15) is 23.4 Å². The maximum absolute atomic E-state index is 11.6. The van der Waals surface area contributed by atoms with Crippen molar-refractivity contribution in [3.63, 3.8) is 0 Å². The highest BCUT2D eigenvalue weighted by Crippen LogP contribution is 2.05. The fourth-order valence-corrected chi connectivity index (χ4v) is 1.76. The molecular formula is C15H15N5O. The van der Waals surface area contributed by atoms with Crippen molar-refractivity contribution in [2.24, 2.45) is 0 Å². The van der Waals surface area contributed by atoms with Crippen LogP contribution in [0.5, 0.6) is 0 Å². The summed E-state index contributed by atoms with van der Waals surface area (Å²) >= 11 is 0. The summed E-state index contributed by atoms with van der Waals surface area (Å²) in [7, 11) is 0. The van der Waals surface area contributed by atoms with Crippen LogP contribution in [0.2, 0.25) is 0 Å². The second kappa shape index (κ2) is 7.60. The fourth-order valence-electron chi connectivity index (χ4n) is 1.76. The number of benzene rings is 1. The van der Waals surface area contributed by atoms with E-state index in [1.807, 2.05) is 6.07 Å². The molecule has 0 spiro atoms. The number of hydrogen-bond donors (Lipinski definition) is 2. The number of hydrogen-bond acceptors (Lipinski definition) is 4. The summed E-state index contributed by atoms with van der Waals surface area (Å²) in [6.45, 7) is 0.572. The highest BCUT2D eigenvalue weighted by molar-refractivity contribution is 5.91. The topological polar surface area (TPSA) is 94.5 Å². The first-order valence-corrected chi connectivity index (χ1v) is 6.58. The molecule has 0 saturated heterocycles. The van der Waals surface area contributed by atoms with Crippen LogP contribution in [-0.2, 0) is 11.2 Å². The third-order valence-corrected chi connectivity index (χ3v) is 2.80. The Balaban J connectivity index is 1.73. The average Bonchev–Trinajstić information content (AvgIpc) is 3.03. The van der Waals surface area contributed by atoms with Crippen molar-refractivity contribution < 1.29 is 4.79 Å². The Hall–Kier alpha value is -2.94. The molecule has 0 aliphatic carbocycles. The molecule has 0 atom stereocenters. The monoisotopic (exact) mass is 281 g/mol. The van der Waals surface area contributed by atoms with Crippen molar-refractivity contribution in [2.45, 2.75) is 12.8 Å². The van der Waals surface area contributed by atoms with Gasteiger partial charge in [-0.2, -0.15) is 10.4 Å². The van der Waals surface area contributed by atoms with Gasteiger partial charge in [-0.05, 0) is 30.2 Å². The lowest BCUT2D eigenvalue weighted by Crippen LogP contribution is -2.22. The standard InChI is InChI=1S/C15H15N5O/c16-10-13-4-1-3-12(9-13)6-7-15(21)17-8-2-5-14-18-11-19-20-14/h1,3-4,6-7,9,11H,2,5,8H2,(H,17,21)(H,18,19,20). The van der Waals surface area contributed by atoms with Crippen LogP contribution in [0.15, 0.2) is 36.7 Å². The van der Waals surface area contributed by atoms with Crippen LogP contribution in [0.3, 0.4) is 0 Å².